The van der Waals surface area contributed by atoms with Crippen molar-refractivity contribution in [3.63, 3.8) is 0 Å². The van der Waals surface area contributed by atoms with Crippen LogP contribution in [0.3, 0.4) is 0 Å². The molecule has 4 aromatic rings. The number of hydrogen-bond donors (Lipinski definition) is 2. The monoisotopic (exact) mass is 486 g/mol. The predicted molar refractivity (Wildman–Crippen MR) is 137 cm³/mol. The predicted octanol–water partition coefficient (Wildman–Crippen LogP) is 2.04. The van der Waals surface area contributed by atoms with Gasteiger partial charge in [-0.1, -0.05) is 6.08 Å². The highest BCUT2D eigenvalue weighted by Crippen LogP contribution is 2.30. The van der Waals surface area contributed by atoms with E-state index >= 15 is 0 Å². The summed E-state index contributed by atoms with van der Waals surface area (Å²) in [6, 6.07) is 7.51. The van der Waals surface area contributed by atoms with Gasteiger partial charge >= 0.3 is 0 Å². The molecule has 186 valence electrons. The SMILES string of the molecule is CN(C)C/C=C/C(=O)N1CCC[C@H]1C(=O)NCCc1cc2c(-c3cnn4ncccc34)ccnc2[nH]1. The Balaban J connectivity index is 1.24. The lowest BCUT2D eigenvalue weighted by Crippen LogP contribution is -2.45. The molecule has 2 amide bonds. The number of likely N-dealkylation sites (tertiary alicyclic amines) is 1. The highest BCUT2D eigenvalue weighted by atomic mass is 16.2. The van der Waals surface area contributed by atoms with E-state index in [9.17, 15) is 9.59 Å². The molecule has 0 spiro atoms. The van der Waals surface area contributed by atoms with Crippen LogP contribution in [-0.2, 0) is 16.0 Å². The number of rotatable bonds is 8. The number of fused-ring (bicyclic) bond motifs is 2. The standard InChI is InChI=1S/C26H30N8O2/c1-32(2)14-5-8-24(35)33-15-4-7-23(33)26(36)28-12-9-18-16-20-19(10-13-27-25(20)31-18)21-17-30-34-22(21)6-3-11-29-34/h3,5-6,8,10-11,13,16-17,23H,4,7,9,12,14-15H2,1-2H3,(H,27,31)(H,28,36)/b8-5+/t23-/m0/s1. The average molecular weight is 487 g/mol. The first-order chi connectivity index (χ1) is 17.5. The second-order valence-electron chi connectivity index (χ2n) is 9.27. The molecule has 0 saturated carbocycles. The van der Waals surface area contributed by atoms with Crippen molar-refractivity contribution in [3.8, 4) is 11.1 Å². The van der Waals surface area contributed by atoms with Crippen LogP contribution in [0, 0.1) is 0 Å². The first kappa shape index (κ1) is 23.7. The Morgan fingerprint density at radius 1 is 1.22 bits per heavy atom. The molecule has 36 heavy (non-hydrogen) atoms. The average Bonchev–Trinajstić information content (AvgIpc) is 3.61. The molecule has 4 aromatic heterocycles. The molecule has 2 N–H and O–H groups in total. The van der Waals surface area contributed by atoms with E-state index < -0.39 is 6.04 Å². The normalized spacial score (nSPS) is 16.1. The van der Waals surface area contributed by atoms with Crippen LogP contribution in [0.1, 0.15) is 18.5 Å². The minimum atomic E-state index is -0.415. The van der Waals surface area contributed by atoms with Crippen LogP contribution in [-0.4, -0.2) is 86.2 Å². The zero-order valence-electron chi connectivity index (χ0n) is 20.5. The fourth-order valence-corrected chi connectivity index (χ4v) is 4.69. The number of nitrogens with zero attached hydrogens (tertiary/aromatic N) is 6. The van der Waals surface area contributed by atoms with Crippen molar-refractivity contribution in [3.05, 3.63) is 60.7 Å². The Kier molecular flexibility index (Phi) is 6.77. The van der Waals surface area contributed by atoms with Crippen LogP contribution in [0.25, 0.3) is 27.7 Å². The number of carbonyl (C=O) groups is 2. The Hall–Kier alpha value is -4.05. The van der Waals surface area contributed by atoms with E-state index in [1.165, 1.54) is 0 Å². The molecule has 0 unspecified atom stereocenters. The van der Waals surface area contributed by atoms with E-state index in [1.54, 1.807) is 28.0 Å². The molecule has 5 heterocycles. The van der Waals surface area contributed by atoms with E-state index in [4.69, 9.17) is 0 Å². The van der Waals surface area contributed by atoms with Gasteiger partial charge < -0.3 is 20.1 Å². The van der Waals surface area contributed by atoms with Gasteiger partial charge in [0.15, 0.2) is 0 Å². The lowest BCUT2D eigenvalue weighted by molar-refractivity contribution is -0.135. The topological polar surface area (TPSA) is 112 Å². The minimum absolute atomic E-state index is 0.101. The Morgan fingerprint density at radius 2 is 2.11 bits per heavy atom. The molecule has 1 aliphatic heterocycles. The molecular weight excluding hydrogens is 456 g/mol. The van der Waals surface area contributed by atoms with Crippen LogP contribution in [0.4, 0.5) is 0 Å². The van der Waals surface area contributed by atoms with Gasteiger partial charge in [-0.2, -0.15) is 14.8 Å². The molecule has 1 saturated heterocycles. The van der Waals surface area contributed by atoms with Crippen LogP contribution in [0.2, 0.25) is 0 Å². The van der Waals surface area contributed by atoms with Crippen molar-refractivity contribution in [1.29, 1.82) is 0 Å². The summed E-state index contributed by atoms with van der Waals surface area (Å²) >= 11 is 0. The molecule has 5 rings (SSSR count). The van der Waals surface area contributed by atoms with Crippen LogP contribution >= 0.6 is 0 Å². The smallest absolute Gasteiger partial charge is 0.246 e. The van der Waals surface area contributed by atoms with Gasteiger partial charge in [-0.25, -0.2) is 4.98 Å². The lowest BCUT2D eigenvalue weighted by Gasteiger charge is -2.22. The van der Waals surface area contributed by atoms with Gasteiger partial charge in [-0.05, 0) is 56.8 Å². The Bertz CT molecular complexity index is 1420. The highest BCUT2D eigenvalue weighted by molar-refractivity contribution is 5.97. The molecule has 10 nitrogen and oxygen atoms in total. The first-order valence-corrected chi connectivity index (χ1v) is 12.2. The van der Waals surface area contributed by atoms with Crippen molar-refractivity contribution in [2.45, 2.75) is 25.3 Å². The molecular formula is C26H30N8O2. The van der Waals surface area contributed by atoms with Gasteiger partial charge in [0.05, 0.1) is 11.7 Å². The summed E-state index contributed by atoms with van der Waals surface area (Å²) in [6.07, 6.45) is 10.8. The number of H-pyrrole nitrogens is 1. The Labute approximate surface area is 209 Å². The zero-order chi connectivity index (χ0) is 25.1. The summed E-state index contributed by atoms with van der Waals surface area (Å²) in [5, 5.41) is 12.6. The third-order valence-electron chi connectivity index (χ3n) is 6.44. The summed E-state index contributed by atoms with van der Waals surface area (Å²) in [5.74, 6) is -0.206. The number of amides is 2. The van der Waals surface area contributed by atoms with Crippen LogP contribution < -0.4 is 5.32 Å². The number of nitrogens with one attached hydrogen (secondary N) is 2. The number of aromatic nitrogens is 5. The van der Waals surface area contributed by atoms with Gasteiger partial charge in [0.1, 0.15) is 11.7 Å². The van der Waals surface area contributed by atoms with Crippen molar-refractivity contribution >= 4 is 28.4 Å². The second-order valence-corrected chi connectivity index (χ2v) is 9.27. The summed E-state index contributed by atoms with van der Waals surface area (Å²) in [4.78, 5) is 36.9. The minimum Gasteiger partial charge on any atom is -0.354 e. The van der Waals surface area contributed by atoms with Crippen molar-refractivity contribution < 1.29 is 9.59 Å². The van der Waals surface area contributed by atoms with Crippen molar-refractivity contribution in [2.75, 3.05) is 33.7 Å². The summed E-state index contributed by atoms with van der Waals surface area (Å²) in [7, 11) is 3.89. The molecule has 0 bridgehead atoms. The molecule has 0 aliphatic carbocycles. The molecule has 10 heteroatoms. The van der Waals surface area contributed by atoms with Crippen LogP contribution in [0.15, 0.2) is 55.0 Å². The summed E-state index contributed by atoms with van der Waals surface area (Å²) in [6.45, 7) is 1.77. The lowest BCUT2D eigenvalue weighted by atomic mass is 10.1. The van der Waals surface area contributed by atoms with Crippen LogP contribution in [0.5, 0.6) is 0 Å². The maximum absolute atomic E-state index is 12.9. The van der Waals surface area contributed by atoms with Gasteiger partial charge in [-0.15, -0.1) is 0 Å². The number of pyridine rings is 1. The summed E-state index contributed by atoms with van der Waals surface area (Å²) < 4.78 is 1.61. The first-order valence-electron chi connectivity index (χ1n) is 12.2. The van der Waals surface area contributed by atoms with Gasteiger partial charge in [0.25, 0.3) is 0 Å². The van der Waals surface area contributed by atoms with Gasteiger partial charge in [0.2, 0.25) is 11.8 Å². The largest absolute Gasteiger partial charge is 0.354 e. The van der Waals surface area contributed by atoms with E-state index in [1.807, 2.05) is 49.5 Å². The fourth-order valence-electron chi connectivity index (χ4n) is 4.69. The van der Waals surface area contributed by atoms with E-state index in [0.717, 1.165) is 39.8 Å². The fraction of sp³-hybridized carbons (Fsp3) is 0.346. The Morgan fingerprint density at radius 3 is 2.97 bits per heavy atom. The van der Waals surface area contributed by atoms with Crippen molar-refractivity contribution in [2.24, 2.45) is 0 Å². The molecule has 0 radical (unpaired) electrons. The van der Waals surface area contributed by atoms with E-state index in [-0.39, 0.29) is 11.8 Å². The second kappa shape index (κ2) is 10.3. The maximum Gasteiger partial charge on any atom is 0.246 e. The third kappa shape index (κ3) is 4.85. The molecule has 1 fully saturated rings. The zero-order valence-corrected chi connectivity index (χ0v) is 20.5. The maximum atomic E-state index is 12.9. The van der Waals surface area contributed by atoms with Gasteiger partial charge in [-0.3, -0.25) is 9.59 Å². The molecule has 1 atom stereocenters. The molecule has 0 aromatic carbocycles. The number of aromatic amines is 1. The van der Waals surface area contributed by atoms with Gasteiger partial charge in [0, 0.05) is 61.2 Å². The third-order valence-corrected chi connectivity index (χ3v) is 6.44. The quantitative estimate of drug-likeness (QED) is 0.369. The van der Waals surface area contributed by atoms with Crippen molar-refractivity contribution in [1.82, 2.24) is 39.9 Å². The number of likely N-dealkylation sites (N-methyl/N-ethyl adjacent to an activating group) is 1. The van der Waals surface area contributed by atoms with E-state index in [0.29, 0.717) is 32.5 Å². The summed E-state index contributed by atoms with van der Waals surface area (Å²) in [5.41, 5.74) is 4.70. The van der Waals surface area contributed by atoms with E-state index in [2.05, 4.69) is 31.5 Å². The highest BCUT2D eigenvalue weighted by Gasteiger charge is 2.32. The molecule has 1 aliphatic rings. The number of hydrogen-bond acceptors (Lipinski definition) is 6. The number of carbonyl (C=O) groups excluding carboxylic acids is 2.